The van der Waals surface area contributed by atoms with Gasteiger partial charge in [-0.3, -0.25) is 4.79 Å². The minimum absolute atomic E-state index is 0.185. The first-order valence-electron chi connectivity index (χ1n) is 10.9. The van der Waals surface area contributed by atoms with E-state index in [1.807, 2.05) is 36.2 Å². The summed E-state index contributed by atoms with van der Waals surface area (Å²) in [6.07, 6.45) is 2.51. The van der Waals surface area contributed by atoms with Crippen molar-refractivity contribution in [2.24, 2.45) is 7.05 Å². The molecule has 2 saturated heterocycles. The highest BCUT2D eigenvalue weighted by Gasteiger charge is 2.23. The van der Waals surface area contributed by atoms with Crippen LogP contribution >= 0.6 is 0 Å². The molecule has 4 heterocycles. The van der Waals surface area contributed by atoms with Crippen LogP contribution in [0.1, 0.15) is 5.56 Å². The number of aryl methyl sites for hydroxylation is 1. The number of carbonyl (C=O) groups excluding carboxylic acids is 1. The van der Waals surface area contributed by atoms with Crippen molar-refractivity contribution < 1.29 is 9.53 Å². The summed E-state index contributed by atoms with van der Waals surface area (Å²) in [5.74, 6) is 1.96. The van der Waals surface area contributed by atoms with Gasteiger partial charge in [0.1, 0.15) is 0 Å². The van der Waals surface area contributed by atoms with Gasteiger partial charge in [0.25, 0.3) is 0 Å². The van der Waals surface area contributed by atoms with Gasteiger partial charge < -0.3 is 24.0 Å². The van der Waals surface area contributed by atoms with Gasteiger partial charge in [0.15, 0.2) is 11.6 Å². The first-order valence-corrected chi connectivity index (χ1v) is 10.9. The lowest BCUT2D eigenvalue weighted by Gasteiger charge is -2.35. The molecular weight excluding hydrogens is 392 g/mol. The number of benzene rings is 1. The molecule has 31 heavy (non-hydrogen) atoms. The topological polar surface area (TPSA) is 66.7 Å². The first-order chi connectivity index (χ1) is 15.2. The predicted molar refractivity (Wildman–Crippen MR) is 120 cm³/mol. The van der Waals surface area contributed by atoms with Crippen LogP contribution in [0.25, 0.3) is 10.9 Å². The SMILES string of the molecule is Cn1cc(CC(=O)N2CCN(c3ccc(N4CCOCC4)nn3)CC2)c2ccccc21. The number of aromatic nitrogens is 3. The Morgan fingerprint density at radius 2 is 1.55 bits per heavy atom. The average Bonchev–Trinajstić information content (AvgIpc) is 3.15. The van der Waals surface area contributed by atoms with Crippen LogP contribution in [0.3, 0.4) is 0 Å². The quantitative estimate of drug-likeness (QED) is 0.640. The molecule has 2 aromatic heterocycles. The van der Waals surface area contributed by atoms with Crippen LogP contribution < -0.4 is 9.80 Å². The van der Waals surface area contributed by atoms with Gasteiger partial charge in [-0.15, -0.1) is 10.2 Å². The molecule has 0 N–H and O–H groups in total. The maximum Gasteiger partial charge on any atom is 0.227 e. The normalized spacial score (nSPS) is 17.4. The van der Waals surface area contributed by atoms with Gasteiger partial charge in [-0.25, -0.2) is 0 Å². The second-order valence-corrected chi connectivity index (χ2v) is 8.18. The monoisotopic (exact) mass is 420 g/mol. The van der Waals surface area contributed by atoms with Crippen LogP contribution in [0.5, 0.6) is 0 Å². The number of hydrogen-bond donors (Lipinski definition) is 0. The van der Waals surface area contributed by atoms with Crippen molar-refractivity contribution in [2.75, 3.05) is 62.3 Å². The number of nitrogens with zero attached hydrogens (tertiary/aromatic N) is 6. The number of para-hydroxylation sites is 1. The Balaban J connectivity index is 1.18. The molecule has 1 aromatic carbocycles. The second kappa shape index (κ2) is 8.55. The molecule has 2 fully saturated rings. The largest absolute Gasteiger partial charge is 0.378 e. The molecule has 162 valence electrons. The van der Waals surface area contributed by atoms with Gasteiger partial charge in [0.05, 0.1) is 19.6 Å². The molecule has 0 unspecified atom stereocenters. The van der Waals surface area contributed by atoms with Crippen molar-refractivity contribution in [1.29, 1.82) is 0 Å². The summed E-state index contributed by atoms with van der Waals surface area (Å²) < 4.78 is 7.49. The van der Waals surface area contributed by atoms with E-state index in [-0.39, 0.29) is 5.91 Å². The number of morpholine rings is 1. The van der Waals surface area contributed by atoms with Crippen molar-refractivity contribution in [2.45, 2.75) is 6.42 Å². The fourth-order valence-corrected chi connectivity index (χ4v) is 4.47. The molecule has 0 spiro atoms. The third kappa shape index (κ3) is 4.07. The summed E-state index contributed by atoms with van der Waals surface area (Å²) in [7, 11) is 2.03. The number of ether oxygens (including phenoxy) is 1. The Bertz CT molecular complexity index is 1050. The molecule has 0 saturated carbocycles. The molecule has 2 aliphatic heterocycles. The zero-order chi connectivity index (χ0) is 21.2. The van der Waals surface area contributed by atoms with E-state index in [1.54, 1.807) is 0 Å². The third-order valence-electron chi connectivity index (χ3n) is 6.25. The Morgan fingerprint density at radius 3 is 2.23 bits per heavy atom. The number of rotatable bonds is 4. The van der Waals surface area contributed by atoms with Crippen LogP contribution in [0.2, 0.25) is 0 Å². The van der Waals surface area contributed by atoms with Gasteiger partial charge in [0.2, 0.25) is 5.91 Å². The Morgan fingerprint density at radius 1 is 0.903 bits per heavy atom. The maximum atomic E-state index is 12.9. The highest BCUT2D eigenvalue weighted by molar-refractivity contribution is 5.89. The molecule has 2 aliphatic rings. The van der Waals surface area contributed by atoms with E-state index >= 15 is 0 Å². The van der Waals surface area contributed by atoms with E-state index in [4.69, 9.17) is 4.74 Å². The number of fused-ring (bicyclic) bond motifs is 1. The van der Waals surface area contributed by atoms with Crippen LogP contribution in [0, 0.1) is 0 Å². The number of piperazine rings is 1. The molecule has 8 nitrogen and oxygen atoms in total. The molecule has 3 aromatic rings. The number of anilines is 2. The molecule has 0 bridgehead atoms. The summed E-state index contributed by atoms with van der Waals surface area (Å²) in [4.78, 5) is 19.3. The minimum atomic E-state index is 0.185. The summed E-state index contributed by atoms with van der Waals surface area (Å²) in [5.41, 5.74) is 2.25. The highest BCUT2D eigenvalue weighted by Crippen LogP contribution is 2.22. The third-order valence-corrected chi connectivity index (χ3v) is 6.25. The zero-order valence-corrected chi connectivity index (χ0v) is 17.9. The molecule has 0 aliphatic carbocycles. The highest BCUT2D eigenvalue weighted by atomic mass is 16.5. The molecule has 8 heteroatoms. The standard InChI is InChI=1S/C23H28N6O2/c1-26-17-18(19-4-2-3-5-20(19)26)16-23(30)29-10-8-27(9-11-29)21-6-7-22(25-24-21)28-12-14-31-15-13-28/h2-7,17H,8-16H2,1H3. The van der Waals surface area contributed by atoms with Gasteiger partial charge in [-0.05, 0) is 23.8 Å². The number of amides is 1. The summed E-state index contributed by atoms with van der Waals surface area (Å²) in [6.45, 7) is 6.13. The van der Waals surface area contributed by atoms with Crippen molar-refractivity contribution in [3.8, 4) is 0 Å². The van der Waals surface area contributed by atoms with Crippen molar-refractivity contribution in [3.05, 3.63) is 48.2 Å². The summed E-state index contributed by atoms with van der Waals surface area (Å²) >= 11 is 0. The lowest BCUT2D eigenvalue weighted by molar-refractivity contribution is -0.130. The fourth-order valence-electron chi connectivity index (χ4n) is 4.47. The number of carbonyl (C=O) groups is 1. The average molecular weight is 421 g/mol. The van der Waals surface area contributed by atoms with E-state index in [1.165, 1.54) is 0 Å². The van der Waals surface area contributed by atoms with Crippen molar-refractivity contribution in [3.63, 3.8) is 0 Å². The molecule has 0 atom stereocenters. The van der Waals surface area contributed by atoms with E-state index in [0.29, 0.717) is 19.5 Å². The molecule has 1 amide bonds. The van der Waals surface area contributed by atoms with Gasteiger partial charge in [-0.2, -0.15) is 0 Å². The van der Waals surface area contributed by atoms with Crippen LogP contribution in [0.4, 0.5) is 11.6 Å². The van der Waals surface area contributed by atoms with Gasteiger partial charge in [-0.1, -0.05) is 18.2 Å². The zero-order valence-electron chi connectivity index (χ0n) is 17.9. The lowest BCUT2D eigenvalue weighted by Crippen LogP contribution is -2.49. The molecule has 5 rings (SSSR count). The molecule has 0 radical (unpaired) electrons. The fraction of sp³-hybridized carbons (Fsp3) is 0.435. The minimum Gasteiger partial charge on any atom is -0.378 e. The molecular formula is C23H28N6O2. The Hall–Kier alpha value is -3.13. The second-order valence-electron chi connectivity index (χ2n) is 8.18. The van der Waals surface area contributed by atoms with E-state index < -0.39 is 0 Å². The van der Waals surface area contributed by atoms with Crippen LogP contribution in [-0.4, -0.2) is 78.1 Å². The Kier molecular flexibility index (Phi) is 5.46. The first kappa shape index (κ1) is 19.8. The van der Waals surface area contributed by atoms with E-state index in [0.717, 1.165) is 67.5 Å². The Labute approximate surface area is 182 Å². The number of hydrogen-bond acceptors (Lipinski definition) is 6. The summed E-state index contributed by atoms with van der Waals surface area (Å²) in [6, 6.07) is 12.3. The van der Waals surface area contributed by atoms with Crippen molar-refractivity contribution >= 4 is 28.4 Å². The van der Waals surface area contributed by atoms with Gasteiger partial charge >= 0.3 is 0 Å². The lowest BCUT2D eigenvalue weighted by atomic mass is 10.1. The van der Waals surface area contributed by atoms with Crippen LogP contribution in [-0.2, 0) is 23.0 Å². The van der Waals surface area contributed by atoms with Crippen molar-refractivity contribution in [1.82, 2.24) is 19.7 Å². The van der Waals surface area contributed by atoms with Gasteiger partial charge in [0, 0.05) is 63.4 Å². The summed E-state index contributed by atoms with van der Waals surface area (Å²) in [5, 5.41) is 10.0. The van der Waals surface area contributed by atoms with E-state index in [2.05, 4.69) is 42.9 Å². The maximum absolute atomic E-state index is 12.9. The van der Waals surface area contributed by atoms with Crippen LogP contribution in [0.15, 0.2) is 42.6 Å². The smallest absolute Gasteiger partial charge is 0.227 e. The predicted octanol–water partition coefficient (Wildman–Crippen LogP) is 1.70. The van der Waals surface area contributed by atoms with E-state index in [9.17, 15) is 4.79 Å².